The molecule has 0 saturated carbocycles. The molecule has 1 fully saturated rings. The van der Waals surface area contributed by atoms with Gasteiger partial charge in [0.25, 0.3) is 0 Å². The molecular formula is C12H26N2S. The van der Waals surface area contributed by atoms with Crippen molar-refractivity contribution in [1.82, 2.24) is 10.2 Å². The van der Waals surface area contributed by atoms with Crippen molar-refractivity contribution in [2.45, 2.75) is 45.7 Å². The summed E-state index contributed by atoms with van der Waals surface area (Å²) >= 11 is 2.05. The van der Waals surface area contributed by atoms with E-state index in [1.54, 1.807) is 0 Å². The molecule has 1 aliphatic heterocycles. The molecule has 0 aromatic carbocycles. The van der Waals surface area contributed by atoms with Crippen LogP contribution in [-0.2, 0) is 0 Å². The molecule has 3 heteroatoms. The summed E-state index contributed by atoms with van der Waals surface area (Å²) < 4.78 is 0. The maximum absolute atomic E-state index is 3.61. The Morgan fingerprint density at radius 3 is 2.87 bits per heavy atom. The highest BCUT2D eigenvalue weighted by Crippen LogP contribution is 2.15. The molecule has 2 nitrogen and oxygen atoms in total. The van der Waals surface area contributed by atoms with Gasteiger partial charge in [-0.05, 0) is 46.0 Å². The average Bonchev–Trinajstić information content (AvgIpc) is 2.35. The van der Waals surface area contributed by atoms with E-state index in [0.717, 1.165) is 6.54 Å². The van der Waals surface area contributed by atoms with Gasteiger partial charge in [0.15, 0.2) is 0 Å². The van der Waals surface area contributed by atoms with Gasteiger partial charge in [0.2, 0.25) is 0 Å². The first-order chi connectivity index (χ1) is 7.05. The standard InChI is InChI=1S/C12H26N2S/c1-5-15-9-11(2)14-8-6-7-13-12(3,4)10-14/h11,13H,5-10H2,1-4H3. The largest absolute Gasteiger partial charge is 0.310 e. The molecular weight excluding hydrogens is 204 g/mol. The summed E-state index contributed by atoms with van der Waals surface area (Å²) in [5.74, 6) is 2.51. The minimum absolute atomic E-state index is 0.279. The first kappa shape index (κ1) is 13.3. The average molecular weight is 230 g/mol. The zero-order valence-electron chi connectivity index (χ0n) is 10.7. The van der Waals surface area contributed by atoms with Gasteiger partial charge in [0.1, 0.15) is 0 Å². The van der Waals surface area contributed by atoms with E-state index in [2.05, 4.69) is 49.7 Å². The molecule has 0 aromatic rings. The lowest BCUT2D eigenvalue weighted by Gasteiger charge is -2.33. The number of nitrogens with one attached hydrogen (secondary N) is 1. The van der Waals surface area contributed by atoms with Crippen molar-refractivity contribution < 1.29 is 0 Å². The summed E-state index contributed by atoms with van der Waals surface area (Å²) in [7, 11) is 0. The van der Waals surface area contributed by atoms with E-state index in [9.17, 15) is 0 Å². The third-order valence-corrected chi connectivity index (χ3v) is 4.14. The molecule has 90 valence electrons. The van der Waals surface area contributed by atoms with Gasteiger partial charge in [-0.15, -0.1) is 0 Å². The summed E-state index contributed by atoms with van der Waals surface area (Å²) in [5.41, 5.74) is 0.279. The quantitative estimate of drug-likeness (QED) is 0.797. The molecule has 0 bridgehead atoms. The first-order valence-electron chi connectivity index (χ1n) is 6.12. The lowest BCUT2D eigenvalue weighted by Crippen LogP contribution is -2.49. The fourth-order valence-electron chi connectivity index (χ4n) is 2.12. The molecule has 0 amide bonds. The van der Waals surface area contributed by atoms with E-state index in [0.29, 0.717) is 6.04 Å². The minimum atomic E-state index is 0.279. The second-order valence-corrected chi connectivity index (χ2v) is 6.46. The van der Waals surface area contributed by atoms with Gasteiger partial charge in [0.05, 0.1) is 0 Å². The van der Waals surface area contributed by atoms with Crippen LogP contribution in [0.1, 0.15) is 34.1 Å². The Labute approximate surface area is 99.2 Å². The Balaban J connectivity index is 2.44. The van der Waals surface area contributed by atoms with Gasteiger partial charge >= 0.3 is 0 Å². The monoisotopic (exact) mass is 230 g/mol. The van der Waals surface area contributed by atoms with E-state index < -0.39 is 0 Å². The Kier molecular flexibility index (Phi) is 5.44. The zero-order valence-corrected chi connectivity index (χ0v) is 11.5. The topological polar surface area (TPSA) is 15.3 Å². The lowest BCUT2D eigenvalue weighted by molar-refractivity contribution is 0.192. The summed E-state index contributed by atoms with van der Waals surface area (Å²) in [6.45, 7) is 12.8. The van der Waals surface area contributed by atoms with Crippen molar-refractivity contribution in [2.24, 2.45) is 0 Å². The third kappa shape index (κ3) is 4.75. The van der Waals surface area contributed by atoms with Crippen LogP contribution in [0.5, 0.6) is 0 Å². The second kappa shape index (κ2) is 6.12. The molecule has 15 heavy (non-hydrogen) atoms. The fourth-order valence-corrected chi connectivity index (χ4v) is 2.91. The zero-order chi connectivity index (χ0) is 11.3. The number of rotatable bonds is 4. The summed E-state index contributed by atoms with van der Waals surface area (Å²) in [6, 6.07) is 0.717. The van der Waals surface area contributed by atoms with Crippen LogP contribution in [0.25, 0.3) is 0 Å². The maximum Gasteiger partial charge on any atom is 0.0252 e. The van der Waals surface area contributed by atoms with Crippen LogP contribution in [0.3, 0.4) is 0 Å². The number of nitrogens with zero attached hydrogens (tertiary/aromatic N) is 1. The highest BCUT2D eigenvalue weighted by molar-refractivity contribution is 7.99. The van der Waals surface area contributed by atoms with Gasteiger partial charge in [-0.1, -0.05) is 6.92 Å². The van der Waals surface area contributed by atoms with Gasteiger partial charge in [0, 0.05) is 23.9 Å². The molecule has 1 N–H and O–H groups in total. The fraction of sp³-hybridized carbons (Fsp3) is 1.00. The molecule has 0 aliphatic carbocycles. The van der Waals surface area contributed by atoms with Crippen LogP contribution < -0.4 is 5.32 Å². The number of hydrogen-bond acceptors (Lipinski definition) is 3. The van der Waals surface area contributed by atoms with E-state index in [-0.39, 0.29) is 5.54 Å². The Bertz CT molecular complexity index is 182. The lowest BCUT2D eigenvalue weighted by atomic mass is 10.1. The minimum Gasteiger partial charge on any atom is -0.310 e. The van der Waals surface area contributed by atoms with Gasteiger partial charge in [-0.3, -0.25) is 4.90 Å². The summed E-state index contributed by atoms with van der Waals surface area (Å²) in [4.78, 5) is 2.64. The van der Waals surface area contributed by atoms with Crippen molar-refractivity contribution in [3.05, 3.63) is 0 Å². The number of hydrogen-bond donors (Lipinski definition) is 1. The predicted octanol–water partition coefficient (Wildman–Crippen LogP) is 2.20. The van der Waals surface area contributed by atoms with Gasteiger partial charge in [-0.2, -0.15) is 11.8 Å². The third-order valence-electron chi connectivity index (χ3n) is 3.01. The number of thioether (sulfide) groups is 1. The van der Waals surface area contributed by atoms with Crippen molar-refractivity contribution in [3.63, 3.8) is 0 Å². The SMILES string of the molecule is CCSCC(C)N1CCCNC(C)(C)C1. The van der Waals surface area contributed by atoms with Crippen LogP contribution in [0.15, 0.2) is 0 Å². The molecule has 0 spiro atoms. The van der Waals surface area contributed by atoms with E-state index in [4.69, 9.17) is 0 Å². The second-order valence-electron chi connectivity index (χ2n) is 5.14. The van der Waals surface area contributed by atoms with Crippen LogP contribution in [-0.4, -0.2) is 47.6 Å². The molecule has 0 aromatic heterocycles. The van der Waals surface area contributed by atoms with Crippen molar-refractivity contribution >= 4 is 11.8 Å². The smallest absolute Gasteiger partial charge is 0.0252 e. The molecule has 1 rings (SSSR count). The van der Waals surface area contributed by atoms with Gasteiger partial charge in [-0.25, -0.2) is 0 Å². The van der Waals surface area contributed by atoms with Crippen LogP contribution >= 0.6 is 11.8 Å². The van der Waals surface area contributed by atoms with Crippen molar-refractivity contribution in [2.75, 3.05) is 31.1 Å². The Hall–Kier alpha value is 0.270. The van der Waals surface area contributed by atoms with E-state index in [1.165, 1.54) is 31.0 Å². The predicted molar refractivity (Wildman–Crippen MR) is 70.7 cm³/mol. The highest BCUT2D eigenvalue weighted by atomic mass is 32.2. The molecule has 1 heterocycles. The normalized spacial score (nSPS) is 24.8. The van der Waals surface area contributed by atoms with Crippen LogP contribution in [0, 0.1) is 0 Å². The molecule has 0 radical (unpaired) electrons. The van der Waals surface area contributed by atoms with Crippen molar-refractivity contribution in [1.29, 1.82) is 0 Å². The first-order valence-corrected chi connectivity index (χ1v) is 7.27. The molecule has 1 atom stereocenters. The Morgan fingerprint density at radius 1 is 1.47 bits per heavy atom. The van der Waals surface area contributed by atoms with Crippen LogP contribution in [0.4, 0.5) is 0 Å². The Morgan fingerprint density at radius 2 is 2.20 bits per heavy atom. The molecule has 1 unspecified atom stereocenters. The highest BCUT2D eigenvalue weighted by Gasteiger charge is 2.26. The van der Waals surface area contributed by atoms with Crippen LogP contribution in [0.2, 0.25) is 0 Å². The van der Waals surface area contributed by atoms with E-state index >= 15 is 0 Å². The summed E-state index contributed by atoms with van der Waals surface area (Å²) in [6.07, 6.45) is 1.28. The maximum atomic E-state index is 3.61. The molecule has 1 aliphatic rings. The molecule has 1 saturated heterocycles. The van der Waals surface area contributed by atoms with Crippen molar-refractivity contribution in [3.8, 4) is 0 Å². The van der Waals surface area contributed by atoms with Gasteiger partial charge < -0.3 is 5.32 Å². The summed E-state index contributed by atoms with van der Waals surface area (Å²) in [5, 5.41) is 3.61. The van der Waals surface area contributed by atoms with E-state index in [1.807, 2.05) is 0 Å².